The number of nitrogens with zero attached hydrogens (tertiary/aromatic N) is 2. The van der Waals surface area contributed by atoms with Crippen molar-refractivity contribution in [3.8, 4) is 0 Å². The first kappa shape index (κ1) is 16.6. The minimum Gasteiger partial charge on any atom is -0.372 e. The van der Waals surface area contributed by atoms with Gasteiger partial charge in [-0.2, -0.15) is 0 Å². The summed E-state index contributed by atoms with van der Waals surface area (Å²) in [5.74, 6) is 0.445. The first-order valence-electron chi connectivity index (χ1n) is 8.47. The second kappa shape index (κ2) is 7.10. The molecule has 2 unspecified atom stereocenters. The summed E-state index contributed by atoms with van der Waals surface area (Å²) in [4.78, 5) is 17.1. The summed E-state index contributed by atoms with van der Waals surface area (Å²) in [6.07, 6.45) is 2.08. The molecular formula is C18H25ClN2O2. The highest BCUT2D eigenvalue weighted by molar-refractivity contribution is 6.30. The molecule has 0 spiro atoms. The molecule has 0 N–H and O–H groups in total. The van der Waals surface area contributed by atoms with Crippen molar-refractivity contribution in [2.24, 2.45) is 5.92 Å². The van der Waals surface area contributed by atoms with Gasteiger partial charge in [0.2, 0.25) is 5.91 Å². The van der Waals surface area contributed by atoms with Crippen LogP contribution in [0.1, 0.15) is 26.7 Å². The van der Waals surface area contributed by atoms with E-state index in [1.807, 2.05) is 36.9 Å². The van der Waals surface area contributed by atoms with Gasteiger partial charge in [0.1, 0.15) is 0 Å². The van der Waals surface area contributed by atoms with Gasteiger partial charge in [0.05, 0.1) is 12.2 Å². The number of anilines is 1. The van der Waals surface area contributed by atoms with E-state index in [4.69, 9.17) is 16.3 Å². The van der Waals surface area contributed by atoms with Crippen LogP contribution in [0.4, 0.5) is 5.69 Å². The summed E-state index contributed by atoms with van der Waals surface area (Å²) < 4.78 is 5.73. The van der Waals surface area contributed by atoms with E-state index in [-0.39, 0.29) is 18.1 Å². The van der Waals surface area contributed by atoms with Crippen molar-refractivity contribution in [3.63, 3.8) is 0 Å². The van der Waals surface area contributed by atoms with Crippen molar-refractivity contribution >= 4 is 23.2 Å². The lowest BCUT2D eigenvalue weighted by Crippen LogP contribution is -2.51. The van der Waals surface area contributed by atoms with E-state index in [1.165, 1.54) is 0 Å². The van der Waals surface area contributed by atoms with Crippen LogP contribution in [0.25, 0.3) is 0 Å². The van der Waals surface area contributed by atoms with Crippen LogP contribution in [0.15, 0.2) is 24.3 Å². The third kappa shape index (κ3) is 3.99. The van der Waals surface area contributed by atoms with E-state index in [2.05, 4.69) is 11.0 Å². The number of benzene rings is 1. The molecule has 2 fully saturated rings. The number of ether oxygens (including phenoxy) is 1. The largest absolute Gasteiger partial charge is 0.372 e. The number of amides is 1. The quantitative estimate of drug-likeness (QED) is 0.831. The number of rotatable bonds is 2. The Labute approximate surface area is 143 Å². The second-order valence-electron chi connectivity index (χ2n) is 6.74. The average Bonchev–Trinajstić information content (AvgIpc) is 2.53. The highest BCUT2D eigenvalue weighted by Gasteiger charge is 2.32. The highest BCUT2D eigenvalue weighted by Crippen LogP contribution is 2.27. The standard InChI is InChI=1S/C18H25ClN2O2/c1-13-11-21(12-14(2)23-13)18(22)15-6-8-20(9-7-15)17-5-3-4-16(19)10-17/h3-5,10,13-15H,6-9,11-12H2,1-2H3. The lowest BCUT2D eigenvalue weighted by molar-refractivity contribution is -0.148. The molecule has 1 amide bonds. The van der Waals surface area contributed by atoms with Gasteiger partial charge in [-0.1, -0.05) is 17.7 Å². The third-order valence-electron chi connectivity index (χ3n) is 4.75. The normalized spacial score (nSPS) is 26.4. The molecule has 0 aromatic heterocycles. The Morgan fingerprint density at radius 2 is 1.83 bits per heavy atom. The van der Waals surface area contributed by atoms with E-state index in [0.717, 1.165) is 49.7 Å². The van der Waals surface area contributed by atoms with Crippen molar-refractivity contribution in [1.29, 1.82) is 0 Å². The van der Waals surface area contributed by atoms with Gasteiger partial charge in [-0.15, -0.1) is 0 Å². The van der Waals surface area contributed by atoms with E-state index >= 15 is 0 Å². The number of hydrogen-bond acceptors (Lipinski definition) is 3. The number of piperidine rings is 1. The first-order valence-corrected chi connectivity index (χ1v) is 8.85. The van der Waals surface area contributed by atoms with E-state index in [1.54, 1.807) is 0 Å². The summed E-state index contributed by atoms with van der Waals surface area (Å²) in [5, 5.41) is 0.761. The summed E-state index contributed by atoms with van der Waals surface area (Å²) in [7, 11) is 0. The van der Waals surface area contributed by atoms with Crippen molar-refractivity contribution < 1.29 is 9.53 Å². The fourth-order valence-corrected chi connectivity index (χ4v) is 3.86. The Morgan fingerprint density at radius 3 is 2.43 bits per heavy atom. The number of carbonyl (C=O) groups excluding carboxylic acids is 1. The van der Waals surface area contributed by atoms with Crippen LogP contribution in [-0.4, -0.2) is 49.2 Å². The first-order chi connectivity index (χ1) is 11.0. The van der Waals surface area contributed by atoms with E-state index in [0.29, 0.717) is 5.91 Å². The smallest absolute Gasteiger partial charge is 0.225 e. The zero-order valence-corrected chi connectivity index (χ0v) is 14.6. The molecule has 2 saturated heterocycles. The van der Waals surface area contributed by atoms with Crippen molar-refractivity contribution in [2.45, 2.75) is 38.9 Å². The Kier molecular flexibility index (Phi) is 5.12. The van der Waals surface area contributed by atoms with Crippen LogP contribution in [0.3, 0.4) is 0 Å². The second-order valence-corrected chi connectivity index (χ2v) is 7.18. The maximum atomic E-state index is 12.8. The fraction of sp³-hybridized carbons (Fsp3) is 0.611. The van der Waals surface area contributed by atoms with Crippen LogP contribution in [0, 0.1) is 5.92 Å². The van der Waals surface area contributed by atoms with Gasteiger partial charge in [-0.05, 0) is 44.9 Å². The molecule has 0 aliphatic carbocycles. The Hall–Kier alpha value is -1.26. The molecular weight excluding hydrogens is 312 g/mol. The third-order valence-corrected chi connectivity index (χ3v) is 4.98. The van der Waals surface area contributed by atoms with Gasteiger partial charge in [0.15, 0.2) is 0 Å². The molecule has 126 valence electrons. The van der Waals surface area contributed by atoms with Gasteiger partial charge in [-0.3, -0.25) is 4.79 Å². The molecule has 0 radical (unpaired) electrons. The van der Waals surface area contributed by atoms with Crippen molar-refractivity contribution in [2.75, 3.05) is 31.1 Å². The van der Waals surface area contributed by atoms with Gasteiger partial charge in [-0.25, -0.2) is 0 Å². The van der Waals surface area contributed by atoms with Crippen LogP contribution < -0.4 is 4.90 Å². The average molecular weight is 337 g/mol. The SMILES string of the molecule is CC1CN(C(=O)C2CCN(c3cccc(Cl)c3)CC2)CC(C)O1. The van der Waals surface area contributed by atoms with Gasteiger partial charge in [0.25, 0.3) is 0 Å². The highest BCUT2D eigenvalue weighted by atomic mass is 35.5. The molecule has 0 bridgehead atoms. The topological polar surface area (TPSA) is 32.8 Å². The lowest BCUT2D eigenvalue weighted by Gasteiger charge is -2.39. The molecule has 23 heavy (non-hydrogen) atoms. The van der Waals surface area contributed by atoms with E-state index < -0.39 is 0 Å². The molecule has 2 atom stereocenters. The van der Waals surface area contributed by atoms with Gasteiger partial charge >= 0.3 is 0 Å². The van der Waals surface area contributed by atoms with Gasteiger partial charge in [0, 0.05) is 42.8 Å². The van der Waals surface area contributed by atoms with Crippen LogP contribution in [-0.2, 0) is 9.53 Å². The van der Waals surface area contributed by atoms with E-state index in [9.17, 15) is 4.79 Å². The Bertz CT molecular complexity index is 548. The molecule has 1 aromatic carbocycles. The van der Waals surface area contributed by atoms with Gasteiger partial charge < -0.3 is 14.5 Å². The fourth-order valence-electron chi connectivity index (χ4n) is 3.67. The maximum absolute atomic E-state index is 12.8. The number of hydrogen-bond donors (Lipinski definition) is 0. The van der Waals surface area contributed by atoms with Crippen LogP contribution in [0.2, 0.25) is 5.02 Å². The molecule has 0 saturated carbocycles. The minimum atomic E-state index is 0.134. The summed E-state index contributed by atoms with van der Waals surface area (Å²) in [5.41, 5.74) is 1.15. The Morgan fingerprint density at radius 1 is 1.17 bits per heavy atom. The zero-order chi connectivity index (χ0) is 16.4. The molecule has 2 heterocycles. The molecule has 1 aromatic rings. The summed E-state index contributed by atoms with van der Waals surface area (Å²) in [6.45, 7) is 7.34. The lowest BCUT2D eigenvalue weighted by atomic mass is 9.94. The summed E-state index contributed by atoms with van der Waals surface area (Å²) >= 11 is 6.07. The molecule has 4 nitrogen and oxygen atoms in total. The van der Waals surface area contributed by atoms with Crippen LogP contribution >= 0.6 is 11.6 Å². The number of morpholine rings is 1. The molecule has 5 heteroatoms. The molecule has 2 aliphatic heterocycles. The minimum absolute atomic E-state index is 0.134. The predicted molar refractivity (Wildman–Crippen MR) is 93.0 cm³/mol. The monoisotopic (exact) mass is 336 g/mol. The molecule has 2 aliphatic rings. The summed E-state index contributed by atoms with van der Waals surface area (Å²) in [6, 6.07) is 7.95. The van der Waals surface area contributed by atoms with Crippen molar-refractivity contribution in [1.82, 2.24) is 4.90 Å². The molecule has 3 rings (SSSR count). The predicted octanol–water partition coefficient (Wildman–Crippen LogP) is 3.19. The number of halogens is 1. The maximum Gasteiger partial charge on any atom is 0.225 e. The zero-order valence-electron chi connectivity index (χ0n) is 13.9. The van der Waals surface area contributed by atoms with Crippen LogP contribution in [0.5, 0.6) is 0 Å². The Balaban J connectivity index is 1.57. The van der Waals surface area contributed by atoms with Crippen molar-refractivity contribution in [3.05, 3.63) is 29.3 Å². The number of carbonyl (C=O) groups is 1.